The molecule has 0 aliphatic carbocycles. The van der Waals surface area contributed by atoms with Crippen LogP contribution in [0.5, 0.6) is 0 Å². The van der Waals surface area contributed by atoms with Gasteiger partial charge in [0.15, 0.2) is 6.10 Å². The van der Waals surface area contributed by atoms with Crippen LogP contribution in [-0.2, 0) is 9.53 Å². The maximum atomic E-state index is 11.4. The summed E-state index contributed by atoms with van der Waals surface area (Å²) in [4.78, 5) is 11.4. The largest absolute Gasteiger partial charge is 0.447 e. The molecule has 1 aromatic rings. The molecule has 1 unspecified atom stereocenters. The Morgan fingerprint density at radius 2 is 2.00 bits per heavy atom. The molecule has 0 bridgehead atoms. The maximum Gasteiger partial charge on any atom is 0.352 e. The molecular formula is C14H12Cl2O2. The van der Waals surface area contributed by atoms with E-state index in [1.807, 2.05) is 44.2 Å². The summed E-state index contributed by atoms with van der Waals surface area (Å²) >= 11 is 11.8. The van der Waals surface area contributed by atoms with E-state index in [0.717, 1.165) is 16.7 Å². The van der Waals surface area contributed by atoms with Gasteiger partial charge in [0.1, 0.15) is 5.03 Å². The van der Waals surface area contributed by atoms with Crippen molar-refractivity contribution in [2.24, 2.45) is 0 Å². The van der Waals surface area contributed by atoms with E-state index in [1.54, 1.807) is 0 Å². The highest BCUT2D eigenvalue weighted by Gasteiger charge is 2.35. The number of ether oxygens (including phenoxy) is 1. The van der Waals surface area contributed by atoms with Crippen molar-refractivity contribution >= 4 is 34.7 Å². The number of hydrogen-bond acceptors (Lipinski definition) is 2. The Labute approximate surface area is 116 Å². The first-order valence-electron chi connectivity index (χ1n) is 5.54. The van der Waals surface area contributed by atoms with Crippen molar-refractivity contribution in [1.82, 2.24) is 0 Å². The molecule has 18 heavy (non-hydrogen) atoms. The monoisotopic (exact) mass is 282 g/mol. The predicted octanol–water partition coefficient (Wildman–Crippen LogP) is 4.01. The molecule has 1 atom stereocenters. The van der Waals surface area contributed by atoms with Gasteiger partial charge in [0.05, 0.1) is 5.03 Å². The van der Waals surface area contributed by atoms with E-state index in [0.29, 0.717) is 0 Å². The lowest BCUT2D eigenvalue weighted by atomic mass is 9.96. The lowest BCUT2D eigenvalue weighted by Gasteiger charge is -2.16. The highest BCUT2D eigenvalue weighted by atomic mass is 35.5. The summed E-state index contributed by atoms with van der Waals surface area (Å²) in [5, 5.41) is 0.215. The smallest absolute Gasteiger partial charge is 0.352 e. The van der Waals surface area contributed by atoms with Gasteiger partial charge in [0.25, 0.3) is 0 Å². The van der Waals surface area contributed by atoms with Crippen LogP contribution in [-0.4, -0.2) is 12.1 Å². The van der Waals surface area contributed by atoms with Gasteiger partial charge in [-0.1, -0.05) is 53.5 Å². The first kappa shape index (κ1) is 13.2. The first-order valence-corrected chi connectivity index (χ1v) is 6.30. The van der Waals surface area contributed by atoms with E-state index in [2.05, 4.69) is 0 Å². The van der Waals surface area contributed by atoms with Gasteiger partial charge >= 0.3 is 5.97 Å². The molecule has 1 aromatic carbocycles. The van der Waals surface area contributed by atoms with Crippen molar-refractivity contribution in [2.45, 2.75) is 20.0 Å². The number of cyclic esters (lactones) is 1. The number of esters is 1. The summed E-state index contributed by atoms with van der Waals surface area (Å²) in [7, 11) is 0. The van der Waals surface area contributed by atoms with Crippen LogP contribution in [0.2, 0.25) is 0 Å². The van der Waals surface area contributed by atoms with Crippen molar-refractivity contribution in [1.29, 1.82) is 0 Å². The summed E-state index contributed by atoms with van der Waals surface area (Å²) < 4.78 is 5.20. The minimum Gasteiger partial charge on any atom is -0.447 e. The van der Waals surface area contributed by atoms with E-state index in [1.165, 1.54) is 0 Å². The summed E-state index contributed by atoms with van der Waals surface area (Å²) in [6.07, 6.45) is 1.29. The number of benzene rings is 1. The topological polar surface area (TPSA) is 26.3 Å². The quantitative estimate of drug-likeness (QED) is 0.766. The SMILES string of the molecule is C/C=C(\c1ccccc1C)C1OC(=O)C(Cl)=C1Cl. The van der Waals surface area contributed by atoms with E-state index in [4.69, 9.17) is 27.9 Å². The summed E-state index contributed by atoms with van der Waals surface area (Å²) in [5.74, 6) is -0.570. The highest BCUT2D eigenvalue weighted by molar-refractivity contribution is 6.49. The lowest BCUT2D eigenvalue weighted by Crippen LogP contribution is -2.13. The summed E-state index contributed by atoms with van der Waals surface area (Å²) in [6, 6.07) is 7.85. The van der Waals surface area contributed by atoms with Crippen LogP contribution in [0.3, 0.4) is 0 Å². The Bertz CT molecular complexity index is 559. The van der Waals surface area contributed by atoms with Gasteiger partial charge in [-0.2, -0.15) is 0 Å². The second kappa shape index (κ2) is 5.17. The standard InChI is InChI=1S/C14H12Cl2O2/c1-3-9(10-7-5-4-6-8(10)2)13-11(15)12(16)14(17)18-13/h3-7,13H,1-2H3/b9-3+. The lowest BCUT2D eigenvalue weighted by molar-refractivity contribution is -0.137. The number of aryl methyl sites for hydroxylation is 1. The summed E-state index contributed by atoms with van der Waals surface area (Å²) in [5.41, 5.74) is 2.94. The van der Waals surface area contributed by atoms with Crippen molar-refractivity contribution in [3.63, 3.8) is 0 Å². The molecule has 0 saturated carbocycles. The van der Waals surface area contributed by atoms with Crippen molar-refractivity contribution in [3.8, 4) is 0 Å². The first-order chi connectivity index (χ1) is 8.56. The molecule has 1 aliphatic rings. The Balaban J connectivity index is 2.45. The molecule has 1 aliphatic heterocycles. The van der Waals surface area contributed by atoms with Crippen molar-refractivity contribution < 1.29 is 9.53 Å². The van der Waals surface area contributed by atoms with Crippen LogP contribution in [0.1, 0.15) is 18.1 Å². The van der Waals surface area contributed by atoms with Gasteiger partial charge in [-0.3, -0.25) is 0 Å². The summed E-state index contributed by atoms with van der Waals surface area (Å²) in [6.45, 7) is 3.88. The molecule has 0 radical (unpaired) electrons. The van der Waals surface area contributed by atoms with E-state index >= 15 is 0 Å². The van der Waals surface area contributed by atoms with Gasteiger partial charge in [-0.15, -0.1) is 0 Å². The number of rotatable bonds is 2. The highest BCUT2D eigenvalue weighted by Crippen LogP contribution is 2.37. The zero-order chi connectivity index (χ0) is 13.3. The minimum absolute atomic E-state index is 0.0328. The van der Waals surface area contributed by atoms with Crippen LogP contribution in [0.4, 0.5) is 0 Å². The van der Waals surface area contributed by atoms with E-state index in [-0.39, 0.29) is 10.1 Å². The van der Waals surface area contributed by atoms with E-state index in [9.17, 15) is 4.79 Å². The Hall–Kier alpha value is -1.25. The molecule has 2 nitrogen and oxygen atoms in total. The second-order valence-corrected chi connectivity index (χ2v) is 4.79. The molecule has 0 aromatic heterocycles. The molecule has 0 spiro atoms. The Morgan fingerprint density at radius 3 is 2.50 bits per heavy atom. The van der Waals surface area contributed by atoms with Crippen LogP contribution in [0.25, 0.3) is 5.57 Å². The zero-order valence-electron chi connectivity index (χ0n) is 10.0. The number of hydrogen-bond donors (Lipinski definition) is 0. The third-order valence-corrected chi connectivity index (χ3v) is 3.74. The number of halogens is 2. The van der Waals surface area contributed by atoms with Gasteiger partial charge in [0, 0.05) is 5.57 Å². The van der Waals surface area contributed by atoms with Crippen molar-refractivity contribution in [2.75, 3.05) is 0 Å². The average molecular weight is 283 g/mol. The molecule has 0 amide bonds. The van der Waals surface area contributed by atoms with Gasteiger partial charge in [-0.25, -0.2) is 4.79 Å². The van der Waals surface area contributed by atoms with Crippen LogP contribution in [0.15, 0.2) is 40.4 Å². The Morgan fingerprint density at radius 1 is 1.33 bits per heavy atom. The maximum absolute atomic E-state index is 11.4. The van der Waals surface area contributed by atoms with Crippen LogP contribution in [0, 0.1) is 6.92 Å². The molecule has 1 heterocycles. The molecular weight excluding hydrogens is 271 g/mol. The predicted molar refractivity (Wildman–Crippen MR) is 73.4 cm³/mol. The second-order valence-electron chi connectivity index (χ2n) is 4.01. The molecule has 0 saturated heterocycles. The number of carbonyl (C=O) groups is 1. The number of carbonyl (C=O) groups excluding carboxylic acids is 1. The normalized spacial score (nSPS) is 20.3. The molecule has 0 fully saturated rings. The average Bonchev–Trinajstić information content (AvgIpc) is 2.61. The molecule has 2 rings (SSSR count). The Kier molecular flexibility index (Phi) is 3.79. The van der Waals surface area contributed by atoms with E-state index < -0.39 is 12.1 Å². The fourth-order valence-corrected chi connectivity index (χ4v) is 2.35. The fourth-order valence-electron chi connectivity index (χ4n) is 1.97. The van der Waals surface area contributed by atoms with Crippen LogP contribution >= 0.6 is 23.2 Å². The van der Waals surface area contributed by atoms with Gasteiger partial charge < -0.3 is 4.74 Å². The minimum atomic E-state index is -0.599. The van der Waals surface area contributed by atoms with Crippen LogP contribution < -0.4 is 0 Å². The molecule has 4 heteroatoms. The van der Waals surface area contributed by atoms with Gasteiger partial charge in [-0.05, 0) is 25.0 Å². The van der Waals surface area contributed by atoms with Gasteiger partial charge in [0.2, 0.25) is 0 Å². The zero-order valence-corrected chi connectivity index (χ0v) is 11.5. The molecule has 94 valence electrons. The molecule has 0 N–H and O–H groups in total. The third-order valence-electron chi connectivity index (χ3n) is 2.89. The number of allylic oxidation sites excluding steroid dienone is 1. The van der Waals surface area contributed by atoms with Crippen molar-refractivity contribution in [3.05, 3.63) is 51.5 Å². The third kappa shape index (κ3) is 2.18. The fraction of sp³-hybridized carbons (Fsp3) is 0.214.